The summed E-state index contributed by atoms with van der Waals surface area (Å²) in [5.41, 5.74) is 0. The van der Waals surface area contributed by atoms with Crippen LogP contribution in [0.5, 0.6) is 0 Å². The number of hydrogen-bond acceptors (Lipinski definition) is 4. The lowest BCUT2D eigenvalue weighted by atomic mass is 10.2. The van der Waals surface area contributed by atoms with Gasteiger partial charge in [-0.2, -0.15) is 0 Å². The fourth-order valence-electron chi connectivity index (χ4n) is 1.43. The van der Waals surface area contributed by atoms with Crippen molar-refractivity contribution in [3.8, 4) is 0 Å². The predicted molar refractivity (Wildman–Crippen MR) is 75.9 cm³/mol. The molecular weight excluding hydrogens is 318 g/mol. The molecule has 1 heterocycles. The lowest BCUT2D eigenvalue weighted by Gasteiger charge is -2.05. The number of thiophene rings is 1. The van der Waals surface area contributed by atoms with Gasteiger partial charge in [0.25, 0.3) is 0 Å². The van der Waals surface area contributed by atoms with E-state index in [9.17, 15) is 4.79 Å². The quantitative estimate of drug-likeness (QED) is 0.678. The Morgan fingerprint density at radius 3 is 2.94 bits per heavy atom. The monoisotopic (exact) mass is 335 g/mol. The van der Waals surface area contributed by atoms with Crippen molar-refractivity contribution in [2.24, 2.45) is 0 Å². The van der Waals surface area contributed by atoms with E-state index in [0.29, 0.717) is 26.2 Å². The molecule has 4 nitrogen and oxygen atoms in total. The molecule has 6 heteroatoms. The first-order valence-corrected chi connectivity index (χ1v) is 7.53. The molecule has 0 aliphatic heterocycles. The normalized spacial score (nSPS) is 10.6. The smallest absolute Gasteiger partial charge is 0.220 e. The highest BCUT2D eigenvalue weighted by Gasteiger charge is 2.02. The van der Waals surface area contributed by atoms with Crippen LogP contribution in [0, 0.1) is 0 Å². The summed E-state index contributed by atoms with van der Waals surface area (Å²) in [4.78, 5) is 12.7. The van der Waals surface area contributed by atoms with Gasteiger partial charge in [0.2, 0.25) is 5.91 Å². The molecule has 0 atom stereocenters. The van der Waals surface area contributed by atoms with Gasteiger partial charge in [0.15, 0.2) is 0 Å². The number of aryl methyl sites for hydroxylation is 1. The van der Waals surface area contributed by atoms with Gasteiger partial charge in [-0.1, -0.05) is 0 Å². The van der Waals surface area contributed by atoms with Crippen LogP contribution >= 0.6 is 27.3 Å². The molecule has 1 rings (SSSR count). The third-order valence-corrected chi connectivity index (χ3v) is 3.94. The molecule has 0 aromatic carbocycles. The summed E-state index contributed by atoms with van der Waals surface area (Å²) >= 11 is 5.12. The maximum Gasteiger partial charge on any atom is 0.220 e. The summed E-state index contributed by atoms with van der Waals surface area (Å²) in [6.07, 6.45) is 2.33. The zero-order chi connectivity index (χ0) is 13.2. The average molecular weight is 336 g/mol. The highest BCUT2D eigenvalue weighted by Crippen LogP contribution is 2.23. The molecule has 0 unspecified atom stereocenters. The fourth-order valence-corrected chi connectivity index (χ4v) is 2.95. The second kappa shape index (κ2) is 9.49. The van der Waals surface area contributed by atoms with Gasteiger partial charge >= 0.3 is 0 Å². The Morgan fingerprint density at radius 2 is 2.28 bits per heavy atom. The highest BCUT2D eigenvalue weighted by molar-refractivity contribution is 9.11. The van der Waals surface area contributed by atoms with Crippen molar-refractivity contribution in [1.29, 1.82) is 0 Å². The molecule has 0 saturated heterocycles. The first kappa shape index (κ1) is 15.6. The van der Waals surface area contributed by atoms with Gasteiger partial charge in [-0.05, 0) is 40.9 Å². The van der Waals surface area contributed by atoms with Crippen LogP contribution in [0.15, 0.2) is 15.9 Å². The Balaban J connectivity index is 2.00. The van der Waals surface area contributed by atoms with Crippen molar-refractivity contribution >= 4 is 33.2 Å². The molecule has 0 bridgehead atoms. The molecule has 2 N–H and O–H groups in total. The number of carbonyl (C=O) groups excluding carboxylic acids is 1. The molecule has 0 aliphatic rings. The zero-order valence-corrected chi connectivity index (χ0v) is 12.6. The Morgan fingerprint density at radius 1 is 1.44 bits per heavy atom. The van der Waals surface area contributed by atoms with Gasteiger partial charge in [0.1, 0.15) is 0 Å². The number of halogens is 1. The van der Waals surface area contributed by atoms with E-state index in [1.165, 1.54) is 4.88 Å². The number of hydrogen-bond donors (Lipinski definition) is 2. The summed E-state index contributed by atoms with van der Waals surface area (Å²) in [5.74, 6) is 0.0539. The van der Waals surface area contributed by atoms with Crippen LogP contribution in [0.2, 0.25) is 0 Å². The number of carbonyl (C=O) groups is 1. The number of nitrogens with one attached hydrogen (secondary N) is 1. The van der Waals surface area contributed by atoms with E-state index in [-0.39, 0.29) is 12.5 Å². The second-order valence-corrected chi connectivity index (χ2v) is 6.29. The van der Waals surface area contributed by atoms with Crippen molar-refractivity contribution in [3.63, 3.8) is 0 Å². The van der Waals surface area contributed by atoms with Gasteiger partial charge in [-0.3, -0.25) is 4.79 Å². The summed E-state index contributed by atoms with van der Waals surface area (Å²) in [6.45, 7) is 1.29. The van der Waals surface area contributed by atoms with Crippen molar-refractivity contribution < 1.29 is 14.6 Å². The third-order valence-electron chi connectivity index (χ3n) is 2.26. The van der Waals surface area contributed by atoms with Gasteiger partial charge in [0, 0.05) is 17.8 Å². The second-order valence-electron chi connectivity index (χ2n) is 3.75. The first-order valence-electron chi connectivity index (χ1n) is 5.92. The van der Waals surface area contributed by atoms with E-state index in [2.05, 4.69) is 27.3 Å². The number of amides is 1. The number of rotatable bonds is 9. The molecule has 0 radical (unpaired) electrons. The molecule has 1 aromatic heterocycles. The minimum atomic E-state index is 0.0182. The van der Waals surface area contributed by atoms with E-state index in [0.717, 1.165) is 16.6 Å². The van der Waals surface area contributed by atoms with Gasteiger partial charge in [0.05, 0.1) is 23.6 Å². The van der Waals surface area contributed by atoms with Crippen LogP contribution in [0.3, 0.4) is 0 Å². The zero-order valence-electron chi connectivity index (χ0n) is 10.2. The fraction of sp³-hybridized carbons (Fsp3) is 0.583. The molecule has 0 aliphatic carbocycles. The van der Waals surface area contributed by atoms with Gasteiger partial charge in [-0.25, -0.2) is 0 Å². The summed E-state index contributed by atoms with van der Waals surface area (Å²) in [5, 5.41) is 11.3. The number of ether oxygens (including phenoxy) is 1. The van der Waals surface area contributed by atoms with Crippen LogP contribution in [0.4, 0.5) is 0 Å². The SMILES string of the molecule is O=C(CCCc1ccc(Br)s1)NCCOCCO. The first-order chi connectivity index (χ1) is 8.72. The maximum absolute atomic E-state index is 11.4. The standard InChI is InChI=1S/C12H18BrNO3S/c13-11-5-4-10(18-11)2-1-3-12(16)14-6-8-17-9-7-15/h4-5,15H,1-3,6-9H2,(H,14,16). The van der Waals surface area contributed by atoms with Crippen LogP contribution in [-0.2, 0) is 16.0 Å². The minimum absolute atomic E-state index is 0.0182. The van der Waals surface area contributed by atoms with Gasteiger partial charge < -0.3 is 15.2 Å². The van der Waals surface area contributed by atoms with E-state index in [1.807, 2.05) is 6.07 Å². The summed E-state index contributed by atoms with van der Waals surface area (Å²) in [7, 11) is 0. The van der Waals surface area contributed by atoms with E-state index >= 15 is 0 Å². The highest BCUT2D eigenvalue weighted by atomic mass is 79.9. The molecule has 102 valence electrons. The van der Waals surface area contributed by atoms with Crippen molar-refractivity contribution in [2.45, 2.75) is 19.3 Å². The average Bonchev–Trinajstić information content (AvgIpc) is 2.75. The molecule has 1 aromatic rings. The largest absolute Gasteiger partial charge is 0.394 e. The molecule has 0 spiro atoms. The van der Waals surface area contributed by atoms with Crippen molar-refractivity contribution in [3.05, 3.63) is 20.8 Å². The van der Waals surface area contributed by atoms with E-state index in [4.69, 9.17) is 9.84 Å². The number of aliphatic hydroxyl groups excluding tert-OH is 1. The Hall–Kier alpha value is -0.430. The topological polar surface area (TPSA) is 58.6 Å². The Bertz CT molecular complexity index is 357. The van der Waals surface area contributed by atoms with Gasteiger partial charge in [-0.15, -0.1) is 11.3 Å². The lowest BCUT2D eigenvalue weighted by Crippen LogP contribution is -2.27. The van der Waals surface area contributed by atoms with Crippen molar-refractivity contribution in [1.82, 2.24) is 5.32 Å². The van der Waals surface area contributed by atoms with Crippen molar-refractivity contribution in [2.75, 3.05) is 26.4 Å². The molecule has 0 fully saturated rings. The lowest BCUT2D eigenvalue weighted by molar-refractivity contribution is -0.121. The van der Waals surface area contributed by atoms with Crippen LogP contribution in [0.1, 0.15) is 17.7 Å². The molecule has 0 saturated carbocycles. The van der Waals surface area contributed by atoms with Crippen LogP contribution in [0.25, 0.3) is 0 Å². The molecule has 1 amide bonds. The van der Waals surface area contributed by atoms with E-state index < -0.39 is 0 Å². The minimum Gasteiger partial charge on any atom is -0.394 e. The van der Waals surface area contributed by atoms with E-state index in [1.54, 1.807) is 11.3 Å². The number of aliphatic hydroxyl groups is 1. The van der Waals surface area contributed by atoms with Crippen LogP contribution < -0.4 is 5.32 Å². The summed E-state index contributed by atoms with van der Waals surface area (Å²) in [6, 6.07) is 4.11. The summed E-state index contributed by atoms with van der Waals surface area (Å²) < 4.78 is 6.17. The Labute approximate surface area is 119 Å². The van der Waals surface area contributed by atoms with Crippen LogP contribution in [-0.4, -0.2) is 37.4 Å². The molecular formula is C12H18BrNO3S. The predicted octanol–water partition coefficient (Wildman–Crippen LogP) is 1.96. The third kappa shape index (κ3) is 7.10. The Kier molecular flexibility index (Phi) is 8.24. The maximum atomic E-state index is 11.4. The molecule has 18 heavy (non-hydrogen) atoms.